The third kappa shape index (κ3) is 3.31. The highest BCUT2D eigenvalue weighted by Crippen LogP contribution is 2.41. The van der Waals surface area contributed by atoms with E-state index in [0.29, 0.717) is 5.69 Å². The summed E-state index contributed by atoms with van der Waals surface area (Å²) in [6, 6.07) is 4.42. The van der Waals surface area contributed by atoms with Crippen LogP contribution in [0.4, 0.5) is 13.6 Å². The van der Waals surface area contributed by atoms with Gasteiger partial charge in [0.1, 0.15) is 5.54 Å². The minimum atomic E-state index is -2.84. The minimum Gasteiger partial charge on any atom is -0.360 e. The Hall–Kier alpha value is -3.69. The van der Waals surface area contributed by atoms with Crippen molar-refractivity contribution in [3.63, 3.8) is 0 Å². The third-order valence-electron chi connectivity index (χ3n) is 6.22. The first-order valence-electron chi connectivity index (χ1n) is 10.2. The quantitative estimate of drug-likeness (QED) is 0.479. The van der Waals surface area contributed by atoms with E-state index in [2.05, 4.69) is 20.3 Å². The second kappa shape index (κ2) is 7.18. The predicted molar refractivity (Wildman–Crippen MR) is 110 cm³/mol. The lowest BCUT2D eigenvalue weighted by Crippen LogP contribution is -2.51. The molecule has 0 atom stereocenters. The van der Waals surface area contributed by atoms with Crippen LogP contribution in [0.15, 0.2) is 43.0 Å². The highest BCUT2D eigenvalue weighted by molar-refractivity contribution is 6.11. The van der Waals surface area contributed by atoms with Gasteiger partial charge in [-0.25, -0.2) is 13.6 Å². The number of ketones is 1. The molecule has 32 heavy (non-hydrogen) atoms. The summed E-state index contributed by atoms with van der Waals surface area (Å²) < 4.78 is 27.0. The van der Waals surface area contributed by atoms with Gasteiger partial charge in [-0.1, -0.05) is 0 Å². The SMILES string of the molecule is O=C(CN1C(=O)NC2(CCC(F)(F)CC2)C1=O)c1ccc(-c2cncc3[nH]ccc23)nc1. The molecule has 2 N–H and O–H groups in total. The van der Waals surface area contributed by atoms with Gasteiger partial charge in [0.2, 0.25) is 5.92 Å². The minimum absolute atomic E-state index is 0.149. The van der Waals surface area contributed by atoms with Crippen molar-refractivity contribution in [3.8, 4) is 11.3 Å². The number of Topliss-reactive ketones (excluding diaryl/α,β-unsaturated/α-hetero) is 1. The molecule has 1 spiro atoms. The number of hydrogen-bond donors (Lipinski definition) is 2. The van der Waals surface area contributed by atoms with Gasteiger partial charge >= 0.3 is 6.03 Å². The Balaban J connectivity index is 1.32. The molecule has 5 rings (SSSR count). The van der Waals surface area contributed by atoms with Crippen molar-refractivity contribution in [2.24, 2.45) is 0 Å². The second-order valence-corrected chi connectivity index (χ2v) is 8.24. The summed E-state index contributed by atoms with van der Waals surface area (Å²) >= 11 is 0. The number of carbonyl (C=O) groups is 3. The van der Waals surface area contributed by atoms with Crippen LogP contribution in [0.2, 0.25) is 0 Å². The van der Waals surface area contributed by atoms with Gasteiger partial charge in [0.05, 0.1) is 24.0 Å². The van der Waals surface area contributed by atoms with Crippen molar-refractivity contribution in [1.29, 1.82) is 0 Å². The van der Waals surface area contributed by atoms with Gasteiger partial charge in [0.25, 0.3) is 5.91 Å². The van der Waals surface area contributed by atoms with Crippen molar-refractivity contribution in [2.75, 3.05) is 6.54 Å². The molecule has 2 fully saturated rings. The van der Waals surface area contributed by atoms with E-state index in [1.807, 2.05) is 6.07 Å². The Morgan fingerprint density at radius 3 is 2.56 bits per heavy atom. The van der Waals surface area contributed by atoms with Gasteiger partial charge in [-0.3, -0.25) is 24.5 Å². The molecule has 10 heteroatoms. The maximum absolute atomic E-state index is 13.5. The maximum atomic E-state index is 13.5. The van der Waals surface area contributed by atoms with Gasteiger partial charge in [0.15, 0.2) is 5.78 Å². The topological polar surface area (TPSA) is 108 Å². The molecule has 1 saturated heterocycles. The number of aromatic nitrogens is 3. The summed E-state index contributed by atoms with van der Waals surface area (Å²) in [5.41, 5.74) is 1.17. The largest absolute Gasteiger partial charge is 0.360 e. The van der Waals surface area contributed by atoms with E-state index in [1.54, 1.807) is 30.7 Å². The molecule has 4 heterocycles. The zero-order valence-electron chi connectivity index (χ0n) is 16.9. The zero-order valence-corrected chi connectivity index (χ0v) is 16.9. The molecule has 164 valence electrons. The van der Waals surface area contributed by atoms with Gasteiger partial charge < -0.3 is 10.3 Å². The lowest BCUT2D eigenvalue weighted by Gasteiger charge is -2.34. The number of nitrogens with zero attached hydrogens (tertiary/aromatic N) is 3. The van der Waals surface area contributed by atoms with E-state index in [9.17, 15) is 23.2 Å². The number of carbonyl (C=O) groups excluding carboxylic acids is 3. The Bertz CT molecular complexity index is 1230. The van der Waals surface area contributed by atoms with Crippen LogP contribution in [0.5, 0.6) is 0 Å². The summed E-state index contributed by atoms with van der Waals surface area (Å²) in [6.07, 6.45) is 5.32. The normalized spacial score (nSPS) is 19.5. The fourth-order valence-electron chi connectivity index (χ4n) is 4.34. The number of amides is 3. The molecule has 2 aliphatic rings. The molecule has 0 radical (unpaired) electrons. The van der Waals surface area contributed by atoms with E-state index in [1.165, 1.54) is 6.20 Å². The molecule has 0 bridgehead atoms. The van der Waals surface area contributed by atoms with Crippen LogP contribution >= 0.6 is 0 Å². The van der Waals surface area contributed by atoms with Crippen molar-refractivity contribution in [1.82, 2.24) is 25.2 Å². The summed E-state index contributed by atoms with van der Waals surface area (Å²) in [4.78, 5) is 50.3. The molecular formula is C22H19F2N5O3. The fraction of sp³-hybridized carbons (Fsp3) is 0.318. The number of alkyl halides is 2. The standard InChI is InChI=1S/C22H19F2N5O3/c23-22(24)6-4-21(5-7-22)19(31)29(20(32)28-21)12-18(30)13-1-2-16(27-9-13)15-10-25-11-17-14(15)3-8-26-17/h1-3,8-11,26H,4-7,12H2,(H,28,32). The van der Waals surface area contributed by atoms with Gasteiger partial charge in [-0.2, -0.15) is 0 Å². The van der Waals surface area contributed by atoms with Gasteiger partial charge in [-0.05, 0) is 31.0 Å². The Kier molecular flexibility index (Phi) is 4.54. The van der Waals surface area contributed by atoms with Crippen LogP contribution in [-0.2, 0) is 4.79 Å². The van der Waals surface area contributed by atoms with Crippen molar-refractivity contribution in [2.45, 2.75) is 37.1 Å². The van der Waals surface area contributed by atoms with Crippen LogP contribution in [0.1, 0.15) is 36.0 Å². The van der Waals surface area contributed by atoms with E-state index in [-0.39, 0.29) is 18.4 Å². The van der Waals surface area contributed by atoms with Crippen molar-refractivity contribution >= 4 is 28.6 Å². The molecule has 1 aliphatic carbocycles. The number of rotatable bonds is 4. The first-order valence-corrected chi connectivity index (χ1v) is 10.2. The first-order chi connectivity index (χ1) is 15.3. The maximum Gasteiger partial charge on any atom is 0.325 e. The molecule has 0 aromatic carbocycles. The number of halogens is 2. The number of fused-ring (bicyclic) bond motifs is 1. The van der Waals surface area contributed by atoms with Crippen LogP contribution in [-0.4, -0.2) is 55.6 Å². The molecule has 0 unspecified atom stereocenters. The van der Waals surface area contributed by atoms with E-state index in [4.69, 9.17) is 0 Å². The Morgan fingerprint density at radius 1 is 1.06 bits per heavy atom. The monoisotopic (exact) mass is 439 g/mol. The first kappa shape index (κ1) is 20.2. The number of aromatic amines is 1. The van der Waals surface area contributed by atoms with Gasteiger partial charge in [-0.15, -0.1) is 0 Å². The van der Waals surface area contributed by atoms with Crippen LogP contribution in [0.3, 0.4) is 0 Å². The van der Waals surface area contributed by atoms with E-state index < -0.39 is 48.6 Å². The summed E-state index contributed by atoms with van der Waals surface area (Å²) in [5.74, 6) is -3.93. The van der Waals surface area contributed by atoms with Crippen LogP contribution < -0.4 is 5.32 Å². The number of H-pyrrole nitrogens is 1. The molecule has 1 aliphatic heterocycles. The average Bonchev–Trinajstić information content (AvgIpc) is 3.35. The summed E-state index contributed by atoms with van der Waals surface area (Å²) in [5, 5.41) is 3.47. The zero-order chi connectivity index (χ0) is 22.5. The molecular weight excluding hydrogens is 420 g/mol. The number of pyridine rings is 2. The molecule has 3 aromatic heterocycles. The van der Waals surface area contributed by atoms with Crippen LogP contribution in [0, 0.1) is 0 Å². The molecule has 8 nitrogen and oxygen atoms in total. The molecule has 3 aromatic rings. The third-order valence-corrected chi connectivity index (χ3v) is 6.22. The highest BCUT2D eigenvalue weighted by atomic mass is 19.3. The van der Waals surface area contributed by atoms with E-state index in [0.717, 1.165) is 21.4 Å². The number of urea groups is 1. The lowest BCUT2D eigenvalue weighted by atomic mass is 9.80. The number of nitrogens with one attached hydrogen (secondary N) is 2. The summed E-state index contributed by atoms with van der Waals surface area (Å²) in [6.45, 7) is -0.473. The Morgan fingerprint density at radius 2 is 1.84 bits per heavy atom. The number of imide groups is 1. The lowest BCUT2D eigenvalue weighted by molar-refractivity contribution is -0.135. The van der Waals surface area contributed by atoms with Crippen molar-refractivity contribution < 1.29 is 23.2 Å². The second-order valence-electron chi connectivity index (χ2n) is 8.24. The summed E-state index contributed by atoms with van der Waals surface area (Å²) in [7, 11) is 0. The fourth-order valence-corrected chi connectivity index (χ4v) is 4.34. The smallest absolute Gasteiger partial charge is 0.325 e. The molecule has 1 saturated carbocycles. The number of hydrogen-bond acceptors (Lipinski definition) is 5. The van der Waals surface area contributed by atoms with E-state index >= 15 is 0 Å². The van der Waals surface area contributed by atoms with Gasteiger partial charge in [0, 0.05) is 47.9 Å². The predicted octanol–water partition coefficient (Wildman–Crippen LogP) is 3.31. The molecule has 3 amide bonds. The average molecular weight is 439 g/mol. The Labute approximate surface area is 181 Å². The van der Waals surface area contributed by atoms with Crippen molar-refractivity contribution in [3.05, 3.63) is 48.5 Å². The van der Waals surface area contributed by atoms with Crippen LogP contribution in [0.25, 0.3) is 22.2 Å². The highest BCUT2D eigenvalue weighted by Gasteiger charge is 2.55.